The Morgan fingerprint density at radius 2 is 2.14 bits per heavy atom. The SMILES string of the molecule is COc1ccc(CSc2nnc(-c3ccoc3C)o2)cc1F. The molecule has 5 nitrogen and oxygen atoms in total. The van der Waals surface area contributed by atoms with E-state index in [0.717, 1.165) is 16.9 Å². The van der Waals surface area contributed by atoms with Gasteiger partial charge in [-0.25, -0.2) is 4.39 Å². The fourth-order valence-corrected chi connectivity index (χ4v) is 2.63. The number of rotatable bonds is 5. The largest absolute Gasteiger partial charge is 0.494 e. The smallest absolute Gasteiger partial charge is 0.277 e. The Hall–Kier alpha value is -2.28. The summed E-state index contributed by atoms with van der Waals surface area (Å²) in [7, 11) is 1.44. The molecule has 0 bridgehead atoms. The number of benzene rings is 1. The summed E-state index contributed by atoms with van der Waals surface area (Å²) in [5.74, 6) is 1.49. The molecule has 22 heavy (non-hydrogen) atoms. The number of methoxy groups -OCH3 is 1. The highest BCUT2D eigenvalue weighted by Gasteiger charge is 2.13. The van der Waals surface area contributed by atoms with Crippen molar-refractivity contribution < 1.29 is 18.0 Å². The lowest BCUT2D eigenvalue weighted by Gasteiger charge is -2.03. The average Bonchev–Trinajstić information content (AvgIpc) is 3.13. The maximum Gasteiger partial charge on any atom is 0.277 e. The van der Waals surface area contributed by atoms with Crippen molar-refractivity contribution in [2.24, 2.45) is 0 Å². The van der Waals surface area contributed by atoms with Crippen molar-refractivity contribution in [2.45, 2.75) is 17.9 Å². The van der Waals surface area contributed by atoms with E-state index >= 15 is 0 Å². The fourth-order valence-electron chi connectivity index (χ4n) is 1.93. The number of nitrogens with zero attached hydrogens (tertiary/aromatic N) is 2. The molecule has 114 valence electrons. The number of aromatic nitrogens is 2. The van der Waals surface area contributed by atoms with Crippen LogP contribution in [0, 0.1) is 12.7 Å². The van der Waals surface area contributed by atoms with Crippen LogP contribution in [0.15, 0.2) is 44.6 Å². The van der Waals surface area contributed by atoms with Crippen LogP contribution >= 0.6 is 11.8 Å². The third kappa shape index (κ3) is 2.99. The molecular weight excluding hydrogens is 307 g/mol. The molecule has 0 unspecified atom stereocenters. The van der Waals surface area contributed by atoms with Crippen molar-refractivity contribution >= 4 is 11.8 Å². The lowest BCUT2D eigenvalue weighted by Crippen LogP contribution is -1.90. The minimum atomic E-state index is -0.388. The summed E-state index contributed by atoms with van der Waals surface area (Å²) in [6, 6.07) is 6.60. The van der Waals surface area contributed by atoms with E-state index < -0.39 is 0 Å². The number of thioether (sulfide) groups is 1. The molecule has 7 heteroatoms. The highest BCUT2D eigenvalue weighted by molar-refractivity contribution is 7.98. The molecule has 0 atom stereocenters. The van der Waals surface area contributed by atoms with Gasteiger partial charge in [0, 0.05) is 5.75 Å². The summed E-state index contributed by atoms with van der Waals surface area (Å²) in [5.41, 5.74) is 1.58. The number of aryl methyl sites for hydroxylation is 1. The molecule has 0 saturated heterocycles. The van der Waals surface area contributed by atoms with Crippen molar-refractivity contribution in [1.29, 1.82) is 0 Å². The van der Waals surface area contributed by atoms with E-state index in [1.807, 2.05) is 6.92 Å². The molecule has 3 aromatic rings. The average molecular weight is 320 g/mol. The first-order valence-electron chi connectivity index (χ1n) is 6.50. The molecule has 3 rings (SSSR count). The number of hydrogen-bond acceptors (Lipinski definition) is 6. The van der Waals surface area contributed by atoms with E-state index in [2.05, 4.69) is 10.2 Å². The summed E-state index contributed by atoms with van der Waals surface area (Å²) in [4.78, 5) is 0. The van der Waals surface area contributed by atoms with Gasteiger partial charge in [-0.05, 0) is 30.7 Å². The highest BCUT2D eigenvalue weighted by atomic mass is 32.2. The summed E-state index contributed by atoms with van der Waals surface area (Å²) in [6.07, 6.45) is 1.57. The standard InChI is InChI=1S/C15H13FN2O3S/c1-9-11(5-6-20-9)14-17-18-15(21-14)22-8-10-3-4-13(19-2)12(16)7-10/h3-7H,8H2,1-2H3. The van der Waals surface area contributed by atoms with E-state index in [9.17, 15) is 4.39 Å². The maximum atomic E-state index is 13.6. The van der Waals surface area contributed by atoms with Gasteiger partial charge in [-0.1, -0.05) is 17.8 Å². The van der Waals surface area contributed by atoms with Crippen molar-refractivity contribution in [3.63, 3.8) is 0 Å². The highest BCUT2D eigenvalue weighted by Crippen LogP contribution is 2.28. The molecule has 0 aliphatic rings. The Labute approximate surface area is 130 Å². The van der Waals surface area contributed by atoms with E-state index in [-0.39, 0.29) is 11.6 Å². The van der Waals surface area contributed by atoms with Crippen LogP contribution in [-0.2, 0) is 5.75 Å². The van der Waals surface area contributed by atoms with E-state index in [1.165, 1.54) is 24.9 Å². The number of ether oxygens (including phenoxy) is 1. The topological polar surface area (TPSA) is 61.3 Å². The monoisotopic (exact) mass is 320 g/mol. The van der Waals surface area contributed by atoms with Crippen LogP contribution in [0.2, 0.25) is 0 Å². The predicted octanol–water partition coefficient (Wildman–Crippen LogP) is 4.08. The third-order valence-corrected chi connectivity index (χ3v) is 3.96. The molecule has 0 spiro atoms. The lowest BCUT2D eigenvalue weighted by molar-refractivity contribution is 0.386. The molecular formula is C15H13FN2O3S. The first-order valence-corrected chi connectivity index (χ1v) is 7.49. The third-order valence-electron chi connectivity index (χ3n) is 3.07. The molecule has 0 aliphatic carbocycles. The second-order valence-corrected chi connectivity index (χ2v) is 5.45. The van der Waals surface area contributed by atoms with Crippen LogP contribution in [0.3, 0.4) is 0 Å². The van der Waals surface area contributed by atoms with Crippen molar-refractivity contribution in [3.05, 3.63) is 47.7 Å². The van der Waals surface area contributed by atoms with Gasteiger partial charge in [-0.2, -0.15) is 0 Å². The Bertz CT molecular complexity index is 785. The van der Waals surface area contributed by atoms with Crippen LogP contribution in [-0.4, -0.2) is 17.3 Å². The van der Waals surface area contributed by atoms with Gasteiger partial charge in [0.2, 0.25) is 0 Å². The normalized spacial score (nSPS) is 10.9. The first kappa shape index (κ1) is 14.6. The summed E-state index contributed by atoms with van der Waals surface area (Å²) in [5, 5.41) is 8.38. The van der Waals surface area contributed by atoms with Crippen LogP contribution in [0.1, 0.15) is 11.3 Å². The van der Waals surface area contributed by atoms with Crippen molar-refractivity contribution in [1.82, 2.24) is 10.2 Å². The summed E-state index contributed by atoms with van der Waals surface area (Å²) in [6.45, 7) is 1.83. The van der Waals surface area contributed by atoms with Crippen LogP contribution in [0.5, 0.6) is 5.75 Å². The Morgan fingerprint density at radius 1 is 1.27 bits per heavy atom. The van der Waals surface area contributed by atoms with E-state index in [1.54, 1.807) is 24.5 Å². The summed E-state index contributed by atoms with van der Waals surface area (Å²) >= 11 is 1.34. The molecule has 2 heterocycles. The molecule has 1 aromatic carbocycles. The van der Waals surface area contributed by atoms with Gasteiger partial charge in [-0.15, -0.1) is 10.2 Å². The van der Waals surface area contributed by atoms with E-state index in [4.69, 9.17) is 13.6 Å². The van der Waals surface area contributed by atoms with Crippen LogP contribution in [0.4, 0.5) is 4.39 Å². The van der Waals surface area contributed by atoms with Crippen molar-refractivity contribution in [2.75, 3.05) is 7.11 Å². The maximum absolute atomic E-state index is 13.6. The molecule has 2 aromatic heterocycles. The molecule has 0 fully saturated rings. The first-order chi connectivity index (χ1) is 10.7. The van der Waals surface area contributed by atoms with Gasteiger partial charge in [0.15, 0.2) is 11.6 Å². The van der Waals surface area contributed by atoms with Gasteiger partial charge in [0.1, 0.15) is 5.76 Å². The Morgan fingerprint density at radius 3 is 2.82 bits per heavy atom. The zero-order valence-corrected chi connectivity index (χ0v) is 12.8. The van der Waals surface area contributed by atoms with Crippen molar-refractivity contribution in [3.8, 4) is 17.2 Å². The Kier molecular flexibility index (Phi) is 4.15. The number of furan rings is 1. The van der Waals surface area contributed by atoms with Crippen LogP contribution in [0.25, 0.3) is 11.5 Å². The quantitative estimate of drug-likeness (QED) is 0.660. The molecule has 0 radical (unpaired) electrons. The van der Waals surface area contributed by atoms with Crippen LogP contribution < -0.4 is 4.74 Å². The van der Waals surface area contributed by atoms with Gasteiger partial charge >= 0.3 is 0 Å². The zero-order chi connectivity index (χ0) is 15.5. The molecule has 0 amide bonds. The molecule has 0 aliphatic heterocycles. The van der Waals surface area contributed by atoms with Gasteiger partial charge < -0.3 is 13.6 Å². The number of halogens is 1. The second kappa shape index (κ2) is 6.23. The van der Waals surface area contributed by atoms with Gasteiger partial charge in [0.05, 0.1) is 18.9 Å². The lowest BCUT2D eigenvalue weighted by atomic mass is 10.2. The minimum absolute atomic E-state index is 0.226. The Balaban J connectivity index is 1.68. The molecule has 0 N–H and O–H groups in total. The van der Waals surface area contributed by atoms with Gasteiger partial charge in [0.25, 0.3) is 11.1 Å². The summed E-state index contributed by atoms with van der Waals surface area (Å²) < 4.78 is 29.3. The minimum Gasteiger partial charge on any atom is -0.494 e. The number of hydrogen-bond donors (Lipinski definition) is 0. The van der Waals surface area contributed by atoms with E-state index in [0.29, 0.717) is 16.9 Å². The molecule has 0 saturated carbocycles. The predicted molar refractivity (Wildman–Crippen MR) is 79.3 cm³/mol. The zero-order valence-electron chi connectivity index (χ0n) is 12.0. The second-order valence-electron chi connectivity index (χ2n) is 4.52. The van der Waals surface area contributed by atoms with Gasteiger partial charge in [-0.3, -0.25) is 0 Å². The fraction of sp³-hybridized carbons (Fsp3) is 0.200.